The summed E-state index contributed by atoms with van der Waals surface area (Å²) in [6.07, 6.45) is 0. The molecule has 176 valence electrons. The Balaban J connectivity index is 2.22. The van der Waals surface area contributed by atoms with Crippen molar-refractivity contribution in [2.24, 2.45) is 0 Å². The molecule has 0 aliphatic carbocycles. The lowest BCUT2D eigenvalue weighted by Crippen LogP contribution is -2.35. The number of aliphatic hydroxyl groups excluding tert-OH is 1. The van der Waals surface area contributed by atoms with Crippen molar-refractivity contribution >= 4 is 17.4 Å². The maximum Gasteiger partial charge on any atom is 0.295 e. The SMILES string of the molecule is COc1ccc(C2C(=C(O)c3ccc(OC)c(F)c3)C(=O)C(=O)N2CCN(C)C)c(OC)c1. The van der Waals surface area contributed by atoms with Gasteiger partial charge in [0.15, 0.2) is 11.6 Å². The van der Waals surface area contributed by atoms with Crippen LogP contribution in [0.15, 0.2) is 42.0 Å². The van der Waals surface area contributed by atoms with Crippen molar-refractivity contribution in [1.82, 2.24) is 9.80 Å². The normalized spacial score (nSPS) is 17.5. The number of methoxy groups -OCH3 is 3. The van der Waals surface area contributed by atoms with Crippen LogP contribution in [0.4, 0.5) is 4.39 Å². The molecule has 1 N–H and O–H groups in total. The van der Waals surface area contributed by atoms with Crippen molar-refractivity contribution in [3.05, 3.63) is 58.9 Å². The number of hydrogen-bond donors (Lipinski definition) is 1. The number of likely N-dealkylation sites (N-methyl/N-ethyl adjacent to an activating group) is 1. The van der Waals surface area contributed by atoms with Gasteiger partial charge in [0, 0.05) is 30.3 Å². The van der Waals surface area contributed by atoms with Crippen LogP contribution in [0.25, 0.3) is 5.76 Å². The number of nitrogens with zero attached hydrogens (tertiary/aromatic N) is 2. The number of hydrogen-bond acceptors (Lipinski definition) is 7. The van der Waals surface area contributed by atoms with Gasteiger partial charge >= 0.3 is 0 Å². The third kappa shape index (κ3) is 4.63. The summed E-state index contributed by atoms with van der Waals surface area (Å²) in [6.45, 7) is 0.713. The van der Waals surface area contributed by atoms with Gasteiger partial charge in [0.1, 0.15) is 17.3 Å². The molecule has 3 rings (SSSR count). The Morgan fingerprint density at radius 3 is 2.30 bits per heavy atom. The van der Waals surface area contributed by atoms with Gasteiger partial charge in [0.2, 0.25) is 0 Å². The van der Waals surface area contributed by atoms with Crippen molar-refractivity contribution in [2.45, 2.75) is 6.04 Å². The summed E-state index contributed by atoms with van der Waals surface area (Å²) in [6, 6.07) is 7.88. The summed E-state index contributed by atoms with van der Waals surface area (Å²) in [7, 11) is 7.99. The zero-order chi connectivity index (χ0) is 24.3. The van der Waals surface area contributed by atoms with E-state index in [2.05, 4.69) is 0 Å². The highest BCUT2D eigenvalue weighted by atomic mass is 19.1. The summed E-state index contributed by atoms with van der Waals surface area (Å²) >= 11 is 0. The number of ketones is 1. The van der Waals surface area contributed by atoms with E-state index in [0.29, 0.717) is 23.6 Å². The van der Waals surface area contributed by atoms with Crippen LogP contribution in [0.1, 0.15) is 17.2 Å². The maximum absolute atomic E-state index is 14.3. The fourth-order valence-electron chi connectivity index (χ4n) is 3.76. The Morgan fingerprint density at radius 1 is 1.03 bits per heavy atom. The first kappa shape index (κ1) is 24.1. The molecule has 0 spiro atoms. The van der Waals surface area contributed by atoms with E-state index in [9.17, 15) is 19.1 Å². The number of rotatable bonds is 8. The Morgan fingerprint density at radius 2 is 1.73 bits per heavy atom. The average Bonchev–Trinajstić information content (AvgIpc) is 3.06. The van der Waals surface area contributed by atoms with Gasteiger partial charge in [0.05, 0.1) is 32.9 Å². The molecule has 2 aromatic rings. The van der Waals surface area contributed by atoms with Gasteiger partial charge in [-0.1, -0.05) is 0 Å². The number of likely N-dealkylation sites (tertiary alicyclic amines) is 1. The van der Waals surface area contributed by atoms with E-state index in [1.165, 1.54) is 38.4 Å². The van der Waals surface area contributed by atoms with E-state index in [1.54, 1.807) is 18.2 Å². The van der Waals surface area contributed by atoms with Crippen LogP contribution in [0.2, 0.25) is 0 Å². The Bertz CT molecular complexity index is 1100. The summed E-state index contributed by atoms with van der Waals surface area (Å²) in [4.78, 5) is 29.3. The molecule has 33 heavy (non-hydrogen) atoms. The molecule has 9 heteroatoms. The number of aliphatic hydroxyl groups is 1. The molecule has 0 saturated carbocycles. The number of carbonyl (C=O) groups excluding carboxylic acids is 2. The minimum atomic E-state index is -0.934. The number of carbonyl (C=O) groups is 2. The summed E-state index contributed by atoms with van der Waals surface area (Å²) in [5, 5.41) is 11.1. The predicted octanol–water partition coefficient (Wildman–Crippen LogP) is 2.83. The maximum atomic E-state index is 14.3. The average molecular weight is 458 g/mol. The number of halogens is 1. The summed E-state index contributed by atoms with van der Waals surface area (Å²) in [5.41, 5.74) is 0.398. The van der Waals surface area contributed by atoms with Gasteiger partial charge in [-0.2, -0.15) is 0 Å². The molecule has 1 aliphatic heterocycles. The van der Waals surface area contributed by atoms with Gasteiger partial charge < -0.3 is 29.1 Å². The smallest absolute Gasteiger partial charge is 0.295 e. The standard InChI is InChI=1S/C24H27FN2O6/c1-26(2)10-11-27-21(16-8-7-15(31-3)13-19(16)33-5)20(23(29)24(27)30)22(28)14-6-9-18(32-4)17(25)12-14/h6-9,12-13,21,28H,10-11H2,1-5H3. The third-order valence-corrected chi connectivity index (χ3v) is 5.49. The molecule has 1 fully saturated rings. The van der Waals surface area contributed by atoms with Crippen LogP contribution in [0, 0.1) is 5.82 Å². The first-order valence-corrected chi connectivity index (χ1v) is 10.2. The summed E-state index contributed by atoms with van der Waals surface area (Å²) in [5.74, 6) is -1.90. The fraction of sp³-hybridized carbons (Fsp3) is 0.333. The predicted molar refractivity (Wildman–Crippen MR) is 120 cm³/mol. The Hall–Kier alpha value is -3.59. The fourth-order valence-corrected chi connectivity index (χ4v) is 3.76. The molecular formula is C24H27FN2O6. The van der Waals surface area contributed by atoms with Crippen LogP contribution in [-0.2, 0) is 9.59 Å². The lowest BCUT2D eigenvalue weighted by molar-refractivity contribution is -0.140. The van der Waals surface area contributed by atoms with Gasteiger partial charge in [-0.25, -0.2) is 4.39 Å². The van der Waals surface area contributed by atoms with Crippen molar-refractivity contribution in [3.63, 3.8) is 0 Å². The zero-order valence-electron chi connectivity index (χ0n) is 19.2. The second kappa shape index (κ2) is 9.91. The minimum absolute atomic E-state index is 0.00800. The van der Waals surface area contributed by atoms with E-state index in [-0.39, 0.29) is 23.4 Å². The Labute approximate surface area is 191 Å². The number of amides is 1. The van der Waals surface area contributed by atoms with E-state index in [0.717, 1.165) is 6.07 Å². The number of ether oxygens (including phenoxy) is 3. The van der Waals surface area contributed by atoms with Crippen molar-refractivity contribution in [1.29, 1.82) is 0 Å². The highest BCUT2D eigenvalue weighted by Crippen LogP contribution is 2.43. The molecule has 1 heterocycles. The Kier molecular flexibility index (Phi) is 7.23. The zero-order valence-corrected chi connectivity index (χ0v) is 19.2. The second-order valence-corrected chi connectivity index (χ2v) is 7.75. The molecule has 1 amide bonds. The van der Waals surface area contributed by atoms with E-state index in [1.807, 2.05) is 19.0 Å². The van der Waals surface area contributed by atoms with Gasteiger partial charge in [-0.15, -0.1) is 0 Å². The lowest BCUT2D eigenvalue weighted by Gasteiger charge is -2.27. The van der Waals surface area contributed by atoms with Gasteiger partial charge in [-0.3, -0.25) is 9.59 Å². The molecule has 1 atom stereocenters. The van der Waals surface area contributed by atoms with Crippen molar-refractivity contribution < 1.29 is 33.3 Å². The molecule has 0 aromatic heterocycles. The largest absolute Gasteiger partial charge is 0.507 e. The molecule has 0 bridgehead atoms. The van der Waals surface area contributed by atoms with Crippen LogP contribution < -0.4 is 14.2 Å². The quantitative estimate of drug-likeness (QED) is 0.370. The van der Waals surface area contributed by atoms with Crippen LogP contribution in [0.5, 0.6) is 17.2 Å². The lowest BCUT2D eigenvalue weighted by atomic mass is 9.94. The third-order valence-electron chi connectivity index (χ3n) is 5.49. The van der Waals surface area contributed by atoms with E-state index >= 15 is 0 Å². The second-order valence-electron chi connectivity index (χ2n) is 7.75. The van der Waals surface area contributed by atoms with Crippen molar-refractivity contribution in [3.8, 4) is 17.2 Å². The van der Waals surface area contributed by atoms with E-state index in [4.69, 9.17) is 14.2 Å². The minimum Gasteiger partial charge on any atom is -0.507 e. The van der Waals surface area contributed by atoms with E-state index < -0.39 is 29.3 Å². The molecule has 8 nitrogen and oxygen atoms in total. The highest BCUT2D eigenvalue weighted by Gasteiger charge is 2.47. The topological polar surface area (TPSA) is 88.5 Å². The monoisotopic (exact) mass is 458 g/mol. The molecular weight excluding hydrogens is 431 g/mol. The first-order chi connectivity index (χ1) is 15.7. The van der Waals surface area contributed by atoms with Crippen LogP contribution >= 0.6 is 0 Å². The van der Waals surface area contributed by atoms with Crippen molar-refractivity contribution in [2.75, 3.05) is 48.5 Å². The molecule has 1 unspecified atom stereocenters. The highest BCUT2D eigenvalue weighted by molar-refractivity contribution is 6.46. The first-order valence-electron chi connectivity index (χ1n) is 10.2. The van der Waals surface area contributed by atoms with Gasteiger partial charge in [0.25, 0.3) is 11.7 Å². The number of benzene rings is 2. The molecule has 1 saturated heterocycles. The molecule has 0 radical (unpaired) electrons. The summed E-state index contributed by atoms with van der Waals surface area (Å²) < 4.78 is 30.0. The van der Waals surface area contributed by atoms with Crippen LogP contribution in [-0.4, -0.2) is 75.1 Å². The molecule has 2 aromatic carbocycles. The van der Waals surface area contributed by atoms with Crippen LogP contribution in [0.3, 0.4) is 0 Å². The molecule has 1 aliphatic rings. The van der Waals surface area contributed by atoms with Gasteiger partial charge in [-0.05, 0) is 44.4 Å². The number of Topliss-reactive ketones (excluding diaryl/α,β-unsaturated/α-hetero) is 1.